The van der Waals surface area contributed by atoms with Gasteiger partial charge in [0, 0.05) is 27.9 Å². The first-order chi connectivity index (χ1) is 27.3. The Morgan fingerprint density at radius 3 is 1.45 bits per heavy atom. The van der Waals surface area contributed by atoms with Gasteiger partial charge >= 0.3 is 0 Å². The lowest BCUT2D eigenvalue weighted by atomic mass is 9.55. The number of fused-ring (bicyclic) bond motifs is 12. The summed E-state index contributed by atoms with van der Waals surface area (Å²) in [4.78, 5) is 2.40. The van der Waals surface area contributed by atoms with Gasteiger partial charge in [0.15, 0.2) is 0 Å². The first-order valence-electron chi connectivity index (χ1n) is 19.9. The Labute approximate surface area is 330 Å². The fraction of sp³-hybridized carbons (Fsp3) is 0.127. The van der Waals surface area contributed by atoms with Crippen LogP contribution in [0.15, 0.2) is 188 Å². The average Bonchev–Trinajstić information content (AvgIpc) is 3.67. The van der Waals surface area contributed by atoms with Gasteiger partial charge in [0.25, 0.3) is 0 Å². The van der Waals surface area contributed by atoms with E-state index in [1.165, 1.54) is 77.9 Å². The molecule has 0 N–H and O–H groups in total. The summed E-state index contributed by atoms with van der Waals surface area (Å²) in [6.07, 6.45) is 0. The van der Waals surface area contributed by atoms with E-state index in [-0.39, 0.29) is 10.8 Å². The number of benzene rings is 8. The molecule has 0 aromatic heterocycles. The Kier molecular flexibility index (Phi) is 6.93. The molecule has 56 heavy (non-hydrogen) atoms. The van der Waals surface area contributed by atoms with Crippen molar-refractivity contribution in [3.05, 3.63) is 233 Å². The van der Waals surface area contributed by atoms with Gasteiger partial charge < -0.3 is 4.90 Å². The lowest BCUT2D eigenvalue weighted by molar-refractivity contribution is 0.563. The largest absolute Gasteiger partial charge is 0.310 e. The molecule has 8 aromatic rings. The molecule has 0 saturated heterocycles. The minimum absolute atomic E-state index is 0.0329. The van der Waals surface area contributed by atoms with Crippen molar-refractivity contribution in [3.8, 4) is 33.4 Å². The van der Waals surface area contributed by atoms with E-state index in [0.29, 0.717) is 0 Å². The van der Waals surface area contributed by atoms with Crippen LogP contribution in [0.4, 0.5) is 17.1 Å². The Hall–Kier alpha value is -6.44. The van der Waals surface area contributed by atoms with E-state index in [2.05, 4.69) is 221 Å². The molecule has 0 bridgehead atoms. The quantitative estimate of drug-likeness (QED) is 0.175. The number of rotatable bonds is 4. The molecule has 0 aliphatic heterocycles. The standard InChI is InChI=1S/C55H43N/c1-53(2)44-22-10-8-19-41(44)43-35-39(33-34-45(43)53)56(37-17-6-5-7-18-37)38-31-29-36(30-32-38)40-21-16-28-51-52(40)42-20-9-11-23-46(42)55(51)49-26-14-12-24-47(49)54(3,4)48-25-13-15-27-50(48)55/h5-35H,1-4H3. The summed E-state index contributed by atoms with van der Waals surface area (Å²) in [5.74, 6) is 0. The summed E-state index contributed by atoms with van der Waals surface area (Å²) < 4.78 is 0. The molecule has 1 nitrogen and oxygen atoms in total. The number of hydrogen-bond acceptors (Lipinski definition) is 1. The number of para-hydroxylation sites is 1. The van der Waals surface area contributed by atoms with Crippen LogP contribution in [0.3, 0.4) is 0 Å². The third-order valence-corrected chi connectivity index (χ3v) is 13.4. The Balaban J connectivity index is 1.08. The smallest absolute Gasteiger partial charge is 0.0719 e. The van der Waals surface area contributed by atoms with Crippen molar-refractivity contribution in [2.75, 3.05) is 4.90 Å². The van der Waals surface area contributed by atoms with E-state index in [1.54, 1.807) is 0 Å². The molecule has 0 radical (unpaired) electrons. The van der Waals surface area contributed by atoms with Crippen LogP contribution in [-0.2, 0) is 16.2 Å². The van der Waals surface area contributed by atoms with Crippen molar-refractivity contribution < 1.29 is 0 Å². The van der Waals surface area contributed by atoms with E-state index in [0.717, 1.165) is 17.1 Å². The molecule has 0 amide bonds. The summed E-state index contributed by atoms with van der Waals surface area (Å²) in [6.45, 7) is 9.47. The topological polar surface area (TPSA) is 3.24 Å². The van der Waals surface area contributed by atoms with Crippen molar-refractivity contribution in [2.24, 2.45) is 0 Å². The van der Waals surface area contributed by atoms with Gasteiger partial charge in [-0.15, -0.1) is 0 Å². The molecular formula is C55H43N. The van der Waals surface area contributed by atoms with Gasteiger partial charge in [-0.2, -0.15) is 0 Å². The minimum Gasteiger partial charge on any atom is -0.310 e. The number of anilines is 3. The van der Waals surface area contributed by atoms with Gasteiger partial charge in [-0.05, 0) is 114 Å². The Morgan fingerprint density at radius 2 is 0.768 bits per heavy atom. The molecule has 0 saturated carbocycles. The zero-order chi connectivity index (χ0) is 37.8. The minimum atomic E-state index is -0.407. The van der Waals surface area contributed by atoms with Crippen LogP contribution >= 0.6 is 0 Å². The molecule has 3 aliphatic carbocycles. The number of nitrogens with zero attached hydrogens (tertiary/aromatic N) is 1. The van der Waals surface area contributed by atoms with Gasteiger partial charge in [-0.3, -0.25) is 0 Å². The van der Waals surface area contributed by atoms with Gasteiger partial charge in [-0.1, -0.05) is 179 Å². The van der Waals surface area contributed by atoms with Gasteiger partial charge in [-0.25, -0.2) is 0 Å². The predicted octanol–water partition coefficient (Wildman–Crippen LogP) is 14.1. The molecule has 0 unspecified atom stereocenters. The second-order valence-electron chi connectivity index (χ2n) is 16.9. The SMILES string of the molecule is CC1(C)c2ccccc2-c2cc(N(c3ccccc3)c3ccc(-c4cccc5c4-c4ccccc4C54c5ccccc5C(C)(C)c5ccccc54)cc3)ccc21. The Bertz CT molecular complexity index is 2810. The highest BCUT2D eigenvalue weighted by atomic mass is 15.1. The zero-order valence-corrected chi connectivity index (χ0v) is 32.3. The third-order valence-electron chi connectivity index (χ3n) is 13.4. The summed E-state index contributed by atoms with van der Waals surface area (Å²) in [5, 5.41) is 0. The maximum Gasteiger partial charge on any atom is 0.0719 e. The molecule has 1 spiro atoms. The number of hydrogen-bond donors (Lipinski definition) is 0. The van der Waals surface area contributed by atoms with Crippen molar-refractivity contribution in [3.63, 3.8) is 0 Å². The summed E-state index contributed by atoms with van der Waals surface area (Å²) in [6, 6.07) is 70.5. The molecule has 11 rings (SSSR count). The predicted molar refractivity (Wildman–Crippen MR) is 234 cm³/mol. The first kappa shape index (κ1) is 32.9. The van der Waals surface area contributed by atoms with Crippen molar-refractivity contribution in [2.45, 2.75) is 43.9 Å². The molecule has 268 valence electrons. The van der Waals surface area contributed by atoms with Crippen LogP contribution in [-0.4, -0.2) is 0 Å². The fourth-order valence-electron chi connectivity index (χ4n) is 10.8. The molecule has 0 fully saturated rings. The molecule has 8 aromatic carbocycles. The van der Waals surface area contributed by atoms with Crippen molar-refractivity contribution in [1.29, 1.82) is 0 Å². The second-order valence-corrected chi connectivity index (χ2v) is 16.9. The van der Waals surface area contributed by atoms with Gasteiger partial charge in [0.05, 0.1) is 5.41 Å². The van der Waals surface area contributed by atoms with E-state index in [9.17, 15) is 0 Å². The van der Waals surface area contributed by atoms with E-state index in [1.807, 2.05) is 0 Å². The van der Waals surface area contributed by atoms with Crippen LogP contribution in [0.25, 0.3) is 33.4 Å². The first-order valence-corrected chi connectivity index (χ1v) is 19.9. The Morgan fingerprint density at radius 1 is 0.304 bits per heavy atom. The average molecular weight is 718 g/mol. The highest BCUT2D eigenvalue weighted by Gasteiger charge is 2.53. The van der Waals surface area contributed by atoms with Crippen LogP contribution in [0.5, 0.6) is 0 Å². The maximum atomic E-state index is 2.40. The van der Waals surface area contributed by atoms with Crippen LogP contribution in [0.2, 0.25) is 0 Å². The summed E-state index contributed by atoms with van der Waals surface area (Å²) in [7, 11) is 0. The summed E-state index contributed by atoms with van der Waals surface area (Å²) in [5.41, 5.74) is 21.7. The normalized spacial score (nSPS) is 15.6. The van der Waals surface area contributed by atoms with E-state index in [4.69, 9.17) is 0 Å². The van der Waals surface area contributed by atoms with Crippen LogP contribution in [0.1, 0.15) is 72.2 Å². The van der Waals surface area contributed by atoms with Gasteiger partial charge in [0.1, 0.15) is 0 Å². The fourth-order valence-corrected chi connectivity index (χ4v) is 10.8. The maximum absolute atomic E-state index is 2.40. The van der Waals surface area contributed by atoms with E-state index >= 15 is 0 Å². The monoisotopic (exact) mass is 717 g/mol. The third kappa shape index (κ3) is 4.32. The van der Waals surface area contributed by atoms with Crippen molar-refractivity contribution in [1.82, 2.24) is 0 Å². The molecular weight excluding hydrogens is 675 g/mol. The molecule has 0 atom stereocenters. The lowest BCUT2D eigenvalue weighted by Gasteiger charge is -2.46. The molecule has 3 aliphatic rings. The zero-order valence-electron chi connectivity index (χ0n) is 32.3. The second kappa shape index (κ2) is 11.8. The molecule has 0 heterocycles. The lowest BCUT2D eigenvalue weighted by Crippen LogP contribution is -2.40. The highest BCUT2D eigenvalue weighted by Crippen LogP contribution is 2.63. The highest BCUT2D eigenvalue weighted by molar-refractivity contribution is 5.97. The van der Waals surface area contributed by atoms with Crippen LogP contribution in [0, 0.1) is 0 Å². The van der Waals surface area contributed by atoms with Gasteiger partial charge in [0.2, 0.25) is 0 Å². The molecule has 1 heteroatoms. The summed E-state index contributed by atoms with van der Waals surface area (Å²) >= 11 is 0. The van der Waals surface area contributed by atoms with E-state index < -0.39 is 5.41 Å². The van der Waals surface area contributed by atoms with Crippen LogP contribution < -0.4 is 4.90 Å². The van der Waals surface area contributed by atoms with Crippen molar-refractivity contribution >= 4 is 17.1 Å².